The van der Waals surface area contributed by atoms with Crippen molar-refractivity contribution in [2.45, 2.75) is 13.3 Å². The molecule has 17 heavy (non-hydrogen) atoms. The molecule has 1 aromatic carbocycles. The summed E-state index contributed by atoms with van der Waals surface area (Å²) in [6.07, 6.45) is 1.21. The topological polar surface area (TPSA) is 55.2 Å². The van der Waals surface area contributed by atoms with E-state index in [0.29, 0.717) is 11.6 Å². The summed E-state index contributed by atoms with van der Waals surface area (Å²) in [6.45, 7) is 2.73. The van der Waals surface area contributed by atoms with E-state index >= 15 is 0 Å². The summed E-state index contributed by atoms with van der Waals surface area (Å²) in [5, 5.41) is 14.2. The Hall–Kier alpha value is -1.23. The van der Waals surface area contributed by atoms with Gasteiger partial charge in [0.05, 0.1) is 4.92 Å². The molecule has 1 saturated heterocycles. The largest absolute Gasteiger partial charge is 0.379 e. The number of hydrogen-bond acceptors (Lipinski definition) is 4. The Bertz CT molecular complexity index is 417. The van der Waals surface area contributed by atoms with Crippen molar-refractivity contribution in [1.82, 2.24) is 0 Å². The number of rotatable bonds is 4. The van der Waals surface area contributed by atoms with Gasteiger partial charge in [-0.1, -0.05) is 12.1 Å². The van der Waals surface area contributed by atoms with Gasteiger partial charge in [-0.15, -0.1) is 0 Å². The third-order valence-corrected chi connectivity index (χ3v) is 4.27. The van der Waals surface area contributed by atoms with Crippen LogP contribution in [0.4, 0.5) is 11.4 Å². The molecule has 1 aliphatic heterocycles. The highest BCUT2D eigenvalue weighted by Gasteiger charge is 2.19. The van der Waals surface area contributed by atoms with E-state index in [2.05, 4.69) is 5.32 Å². The predicted molar refractivity (Wildman–Crippen MR) is 71.8 cm³/mol. The zero-order chi connectivity index (χ0) is 12.3. The number of nitrogens with zero attached hydrogens (tertiary/aromatic N) is 1. The van der Waals surface area contributed by atoms with Crippen LogP contribution >= 0.6 is 11.8 Å². The van der Waals surface area contributed by atoms with Crippen molar-refractivity contribution in [3.8, 4) is 0 Å². The fourth-order valence-corrected chi connectivity index (χ4v) is 3.31. The summed E-state index contributed by atoms with van der Waals surface area (Å²) in [4.78, 5) is 10.6. The quantitative estimate of drug-likeness (QED) is 0.661. The fourth-order valence-electron chi connectivity index (χ4n) is 2.03. The van der Waals surface area contributed by atoms with Crippen molar-refractivity contribution in [3.05, 3.63) is 33.9 Å². The smallest absolute Gasteiger partial charge is 0.292 e. The van der Waals surface area contributed by atoms with Crippen molar-refractivity contribution in [3.63, 3.8) is 0 Å². The van der Waals surface area contributed by atoms with E-state index in [-0.39, 0.29) is 10.6 Å². The monoisotopic (exact) mass is 252 g/mol. The van der Waals surface area contributed by atoms with Crippen LogP contribution in [0, 0.1) is 23.0 Å². The zero-order valence-corrected chi connectivity index (χ0v) is 10.6. The molecule has 1 aliphatic rings. The lowest BCUT2D eigenvalue weighted by molar-refractivity contribution is -0.384. The van der Waals surface area contributed by atoms with Gasteiger partial charge in [0, 0.05) is 12.6 Å². The highest BCUT2D eigenvalue weighted by atomic mass is 32.2. The van der Waals surface area contributed by atoms with Crippen molar-refractivity contribution in [2.24, 2.45) is 5.92 Å². The van der Waals surface area contributed by atoms with Gasteiger partial charge in [-0.2, -0.15) is 11.8 Å². The van der Waals surface area contributed by atoms with Crippen LogP contribution in [-0.2, 0) is 0 Å². The molecule has 1 fully saturated rings. The van der Waals surface area contributed by atoms with Gasteiger partial charge in [-0.3, -0.25) is 10.1 Å². The van der Waals surface area contributed by atoms with Crippen LogP contribution in [0.1, 0.15) is 12.0 Å². The number of nitro groups is 1. The van der Waals surface area contributed by atoms with Crippen LogP contribution in [0.15, 0.2) is 18.2 Å². The molecule has 1 atom stereocenters. The molecule has 0 saturated carbocycles. The molecule has 0 aliphatic carbocycles. The van der Waals surface area contributed by atoms with Gasteiger partial charge in [-0.05, 0) is 36.3 Å². The fraction of sp³-hybridized carbons (Fsp3) is 0.500. The Labute approximate surface area is 105 Å². The normalized spacial score (nSPS) is 19.2. The van der Waals surface area contributed by atoms with E-state index in [1.165, 1.54) is 12.2 Å². The highest BCUT2D eigenvalue weighted by Crippen LogP contribution is 2.29. The first-order chi connectivity index (χ1) is 8.18. The minimum atomic E-state index is -0.321. The predicted octanol–water partition coefficient (Wildman–Crippen LogP) is 3.07. The SMILES string of the molecule is Cc1cccc([N+](=O)[O-])c1NCC1CCSC1. The maximum Gasteiger partial charge on any atom is 0.292 e. The number of nitro benzene ring substituents is 1. The van der Waals surface area contributed by atoms with E-state index in [1.807, 2.05) is 24.8 Å². The van der Waals surface area contributed by atoms with E-state index in [4.69, 9.17) is 0 Å². The molecule has 5 heteroatoms. The number of para-hydroxylation sites is 1. The molecule has 1 N–H and O–H groups in total. The summed E-state index contributed by atoms with van der Waals surface area (Å²) >= 11 is 1.96. The van der Waals surface area contributed by atoms with Crippen molar-refractivity contribution in [1.29, 1.82) is 0 Å². The molecule has 1 aromatic rings. The maximum atomic E-state index is 10.9. The minimum absolute atomic E-state index is 0.177. The molecule has 0 bridgehead atoms. The Morgan fingerprint density at radius 2 is 2.41 bits per heavy atom. The average Bonchev–Trinajstić information content (AvgIpc) is 2.80. The second-order valence-corrected chi connectivity index (χ2v) is 5.49. The molecule has 4 nitrogen and oxygen atoms in total. The van der Waals surface area contributed by atoms with Crippen LogP contribution in [-0.4, -0.2) is 23.0 Å². The van der Waals surface area contributed by atoms with Gasteiger partial charge in [0.15, 0.2) is 0 Å². The van der Waals surface area contributed by atoms with Gasteiger partial charge in [0.1, 0.15) is 5.69 Å². The molecule has 92 valence electrons. The summed E-state index contributed by atoms with van der Waals surface area (Å²) in [6, 6.07) is 5.18. The Balaban J connectivity index is 2.10. The van der Waals surface area contributed by atoms with Gasteiger partial charge in [0.25, 0.3) is 5.69 Å². The number of hydrogen-bond donors (Lipinski definition) is 1. The summed E-state index contributed by atoms with van der Waals surface area (Å²) in [5.41, 5.74) is 1.79. The molecular weight excluding hydrogens is 236 g/mol. The first kappa shape index (κ1) is 12.2. The van der Waals surface area contributed by atoms with Gasteiger partial charge in [-0.25, -0.2) is 0 Å². The van der Waals surface area contributed by atoms with Crippen molar-refractivity contribution < 1.29 is 4.92 Å². The van der Waals surface area contributed by atoms with Crippen LogP contribution in [0.3, 0.4) is 0 Å². The third-order valence-electron chi connectivity index (χ3n) is 3.04. The minimum Gasteiger partial charge on any atom is -0.379 e. The standard InChI is InChI=1S/C12H16N2O2S/c1-9-3-2-4-11(14(15)16)12(9)13-7-10-5-6-17-8-10/h2-4,10,13H,5-8H2,1H3. The van der Waals surface area contributed by atoms with Crippen LogP contribution in [0.2, 0.25) is 0 Å². The third kappa shape index (κ3) is 2.91. The van der Waals surface area contributed by atoms with E-state index in [0.717, 1.165) is 17.9 Å². The van der Waals surface area contributed by atoms with Crippen LogP contribution in [0.25, 0.3) is 0 Å². The molecule has 1 unspecified atom stereocenters. The lowest BCUT2D eigenvalue weighted by Crippen LogP contribution is -2.15. The number of aryl methyl sites for hydroxylation is 1. The molecule has 0 radical (unpaired) electrons. The number of benzene rings is 1. The van der Waals surface area contributed by atoms with E-state index < -0.39 is 0 Å². The second-order valence-electron chi connectivity index (χ2n) is 4.34. The first-order valence-corrected chi connectivity index (χ1v) is 6.89. The summed E-state index contributed by atoms with van der Waals surface area (Å²) in [5.74, 6) is 3.01. The lowest BCUT2D eigenvalue weighted by Gasteiger charge is -2.13. The maximum absolute atomic E-state index is 10.9. The molecule has 2 rings (SSSR count). The summed E-state index contributed by atoms with van der Waals surface area (Å²) < 4.78 is 0. The van der Waals surface area contributed by atoms with Crippen LogP contribution in [0.5, 0.6) is 0 Å². The van der Waals surface area contributed by atoms with Gasteiger partial charge >= 0.3 is 0 Å². The second kappa shape index (κ2) is 5.40. The van der Waals surface area contributed by atoms with Crippen molar-refractivity contribution >= 4 is 23.1 Å². The average molecular weight is 252 g/mol. The van der Waals surface area contributed by atoms with E-state index in [1.54, 1.807) is 12.1 Å². The molecule has 0 spiro atoms. The van der Waals surface area contributed by atoms with E-state index in [9.17, 15) is 10.1 Å². The first-order valence-electron chi connectivity index (χ1n) is 5.74. The number of anilines is 1. The molecule has 0 aromatic heterocycles. The number of thioether (sulfide) groups is 1. The molecular formula is C12H16N2O2S. The Morgan fingerprint density at radius 1 is 1.59 bits per heavy atom. The molecule has 0 amide bonds. The Morgan fingerprint density at radius 3 is 3.06 bits per heavy atom. The lowest BCUT2D eigenvalue weighted by atomic mass is 10.1. The van der Waals surface area contributed by atoms with Crippen molar-refractivity contribution in [2.75, 3.05) is 23.4 Å². The summed E-state index contributed by atoms with van der Waals surface area (Å²) in [7, 11) is 0. The Kier molecular flexibility index (Phi) is 3.89. The molecule has 1 heterocycles. The van der Waals surface area contributed by atoms with Gasteiger partial charge in [0.2, 0.25) is 0 Å². The number of nitrogens with one attached hydrogen (secondary N) is 1. The van der Waals surface area contributed by atoms with Crippen LogP contribution < -0.4 is 5.32 Å². The highest BCUT2D eigenvalue weighted by molar-refractivity contribution is 7.99. The van der Waals surface area contributed by atoms with Gasteiger partial charge < -0.3 is 5.32 Å². The zero-order valence-electron chi connectivity index (χ0n) is 9.81.